The summed E-state index contributed by atoms with van der Waals surface area (Å²) in [6.07, 6.45) is 1.58. The maximum atomic E-state index is 13.6. The second-order valence-electron chi connectivity index (χ2n) is 3.63. The van der Waals surface area contributed by atoms with Gasteiger partial charge in [0.2, 0.25) is 5.88 Å². The number of hydrogen-bond donors (Lipinski definition) is 1. The topological polar surface area (TPSA) is 61.0 Å². The van der Waals surface area contributed by atoms with Gasteiger partial charge in [-0.05, 0) is 25.1 Å². The summed E-state index contributed by atoms with van der Waals surface area (Å²) in [4.78, 5) is 8.13. The molecule has 0 aliphatic heterocycles. The van der Waals surface area contributed by atoms with Crippen molar-refractivity contribution >= 4 is 15.9 Å². The van der Waals surface area contributed by atoms with Crippen LogP contribution in [0.5, 0.6) is 11.6 Å². The van der Waals surface area contributed by atoms with Gasteiger partial charge in [-0.2, -0.15) is 4.98 Å². The molecule has 0 aliphatic rings. The summed E-state index contributed by atoms with van der Waals surface area (Å²) in [5.41, 5.74) is 6.18. The molecule has 1 aromatic carbocycles. The first-order chi connectivity index (χ1) is 8.60. The van der Waals surface area contributed by atoms with Crippen molar-refractivity contribution in [3.05, 3.63) is 46.1 Å². The number of nitrogens with zero attached hydrogens (tertiary/aromatic N) is 2. The highest BCUT2D eigenvalue weighted by Gasteiger charge is 2.10. The van der Waals surface area contributed by atoms with Crippen LogP contribution in [0.2, 0.25) is 0 Å². The molecular weight excluding hydrogens is 301 g/mol. The highest BCUT2D eigenvalue weighted by molar-refractivity contribution is 9.10. The normalized spacial score (nSPS) is 10.4. The quantitative estimate of drug-likeness (QED) is 0.946. The first-order valence-corrected chi connectivity index (χ1v) is 6.05. The Morgan fingerprint density at radius 3 is 2.94 bits per heavy atom. The second kappa shape index (κ2) is 5.41. The van der Waals surface area contributed by atoms with E-state index in [9.17, 15) is 4.39 Å². The van der Waals surface area contributed by atoms with Crippen LogP contribution in [0, 0.1) is 12.7 Å². The third-order valence-electron chi connectivity index (χ3n) is 2.27. The molecule has 94 valence electrons. The summed E-state index contributed by atoms with van der Waals surface area (Å²) in [5, 5.41) is 0. The average molecular weight is 312 g/mol. The van der Waals surface area contributed by atoms with E-state index in [2.05, 4.69) is 25.9 Å². The van der Waals surface area contributed by atoms with Crippen molar-refractivity contribution in [2.45, 2.75) is 13.5 Å². The van der Waals surface area contributed by atoms with Crippen molar-refractivity contribution in [2.75, 3.05) is 0 Å². The molecule has 0 fully saturated rings. The molecule has 18 heavy (non-hydrogen) atoms. The molecule has 0 amide bonds. The van der Waals surface area contributed by atoms with Crippen LogP contribution in [0.15, 0.2) is 28.9 Å². The fraction of sp³-hybridized carbons (Fsp3) is 0.167. The van der Waals surface area contributed by atoms with Crippen LogP contribution in [0.4, 0.5) is 4.39 Å². The zero-order valence-electron chi connectivity index (χ0n) is 9.65. The molecule has 6 heteroatoms. The van der Waals surface area contributed by atoms with Crippen LogP contribution in [-0.4, -0.2) is 9.97 Å². The summed E-state index contributed by atoms with van der Waals surface area (Å²) in [7, 11) is 0. The lowest BCUT2D eigenvalue weighted by Gasteiger charge is -2.10. The Labute approximate surface area is 112 Å². The summed E-state index contributed by atoms with van der Waals surface area (Å²) < 4.78 is 19.7. The minimum Gasteiger partial charge on any atom is -0.435 e. The molecule has 4 nitrogen and oxygen atoms in total. The molecule has 2 rings (SSSR count). The van der Waals surface area contributed by atoms with Crippen molar-refractivity contribution in [1.82, 2.24) is 9.97 Å². The van der Waals surface area contributed by atoms with Crippen molar-refractivity contribution < 1.29 is 9.13 Å². The Bertz CT molecular complexity index is 577. The lowest BCUT2D eigenvalue weighted by molar-refractivity contribution is 0.420. The molecule has 0 spiro atoms. The number of rotatable bonds is 3. The maximum absolute atomic E-state index is 13.6. The molecule has 1 aromatic heterocycles. The summed E-state index contributed by atoms with van der Waals surface area (Å²) in [5.74, 6) is 0.453. The third kappa shape index (κ3) is 2.83. The Morgan fingerprint density at radius 1 is 1.44 bits per heavy atom. The molecule has 0 radical (unpaired) electrons. The Morgan fingerprint density at radius 2 is 2.22 bits per heavy atom. The molecule has 0 saturated heterocycles. The van der Waals surface area contributed by atoms with E-state index in [1.54, 1.807) is 19.2 Å². The summed E-state index contributed by atoms with van der Waals surface area (Å²) >= 11 is 3.26. The Balaban J connectivity index is 2.38. The van der Waals surface area contributed by atoms with Gasteiger partial charge in [-0.25, -0.2) is 9.37 Å². The van der Waals surface area contributed by atoms with Gasteiger partial charge in [-0.15, -0.1) is 0 Å². The van der Waals surface area contributed by atoms with Crippen molar-refractivity contribution in [3.63, 3.8) is 0 Å². The van der Waals surface area contributed by atoms with Gasteiger partial charge >= 0.3 is 0 Å². The Hall–Kier alpha value is -1.53. The third-order valence-corrected chi connectivity index (χ3v) is 2.76. The molecule has 0 bridgehead atoms. The van der Waals surface area contributed by atoms with E-state index in [4.69, 9.17) is 10.5 Å². The zero-order chi connectivity index (χ0) is 13.1. The zero-order valence-corrected chi connectivity index (χ0v) is 11.2. The fourth-order valence-corrected chi connectivity index (χ4v) is 1.70. The van der Waals surface area contributed by atoms with E-state index in [1.807, 2.05) is 0 Å². The van der Waals surface area contributed by atoms with Crippen LogP contribution >= 0.6 is 15.9 Å². The van der Waals surface area contributed by atoms with Gasteiger partial charge in [0, 0.05) is 22.8 Å². The molecule has 2 N–H and O–H groups in total. The number of benzene rings is 1. The van der Waals surface area contributed by atoms with Gasteiger partial charge in [-0.3, -0.25) is 0 Å². The lowest BCUT2D eigenvalue weighted by atomic mass is 10.3. The van der Waals surface area contributed by atoms with Gasteiger partial charge in [0.25, 0.3) is 0 Å². The van der Waals surface area contributed by atoms with E-state index < -0.39 is 5.82 Å². The second-order valence-corrected chi connectivity index (χ2v) is 4.54. The van der Waals surface area contributed by atoms with Crippen LogP contribution in [-0.2, 0) is 6.54 Å². The SMILES string of the molecule is Cc1ncc(CN)c(Oc2cc(Br)ccc2F)n1. The predicted molar refractivity (Wildman–Crippen MR) is 68.8 cm³/mol. The molecule has 0 unspecified atom stereocenters. The first kappa shape index (κ1) is 12.9. The monoisotopic (exact) mass is 311 g/mol. The minimum atomic E-state index is -0.461. The standard InChI is InChI=1S/C12H11BrFN3O/c1-7-16-6-8(5-15)12(17-7)18-11-4-9(13)2-3-10(11)14/h2-4,6H,5,15H2,1H3. The maximum Gasteiger partial charge on any atom is 0.227 e. The predicted octanol–water partition coefficient (Wildman–Crippen LogP) is 2.94. The van der Waals surface area contributed by atoms with Gasteiger partial charge in [0.1, 0.15) is 5.82 Å². The number of nitrogens with two attached hydrogens (primary N) is 1. The van der Waals surface area contributed by atoms with Crippen LogP contribution in [0.25, 0.3) is 0 Å². The smallest absolute Gasteiger partial charge is 0.227 e. The highest BCUT2D eigenvalue weighted by atomic mass is 79.9. The largest absolute Gasteiger partial charge is 0.435 e. The lowest BCUT2D eigenvalue weighted by Crippen LogP contribution is -2.04. The first-order valence-electron chi connectivity index (χ1n) is 5.25. The van der Waals surface area contributed by atoms with Gasteiger partial charge in [0.15, 0.2) is 11.6 Å². The van der Waals surface area contributed by atoms with Crippen LogP contribution in [0.1, 0.15) is 11.4 Å². The van der Waals surface area contributed by atoms with E-state index in [0.29, 0.717) is 11.4 Å². The number of aromatic nitrogens is 2. The Kier molecular flexibility index (Phi) is 3.88. The summed E-state index contributed by atoms with van der Waals surface area (Å²) in [6, 6.07) is 4.44. The fourth-order valence-electron chi connectivity index (χ4n) is 1.36. The number of hydrogen-bond acceptors (Lipinski definition) is 4. The highest BCUT2D eigenvalue weighted by Crippen LogP contribution is 2.28. The van der Waals surface area contributed by atoms with Crippen molar-refractivity contribution in [3.8, 4) is 11.6 Å². The van der Waals surface area contributed by atoms with Crippen molar-refractivity contribution in [1.29, 1.82) is 0 Å². The molecule has 0 atom stereocenters. The van der Waals surface area contributed by atoms with E-state index >= 15 is 0 Å². The van der Waals surface area contributed by atoms with Gasteiger partial charge < -0.3 is 10.5 Å². The molecule has 2 aromatic rings. The number of ether oxygens (including phenoxy) is 1. The number of aryl methyl sites for hydroxylation is 1. The molecule has 0 aliphatic carbocycles. The van der Waals surface area contributed by atoms with E-state index in [0.717, 1.165) is 4.47 Å². The van der Waals surface area contributed by atoms with Crippen LogP contribution in [0.3, 0.4) is 0 Å². The summed E-state index contributed by atoms with van der Waals surface area (Å²) in [6.45, 7) is 1.95. The van der Waals surface area contributed by atoms with Gasteiger partial charge in [-0.1, -0.05) is 15.9 Å². The number of halogens is 2. The van der Waals surface area contributed by atoms with E-state index in [-0.39, 0.29) is 18.2 Å². The van der Waals surface area contributed by atoms with E-state index in [1.165, 1.54) is 12.1 Å². The molecular formula is C12H11BrFN3O. The molecule has 0 saturated carbocycles. The van der Waals surface area contributed by atoms with Crippen molar-refractivity contribution in [2.24, 2.45) is 5.73 Å². The van der Waals surface area contributed by atoms with Gasteiger partial charge in [0.05, 0.1) is 0 Å². The minimum absolute atomic E-state index is 0.0946. The average Bonchev–Trinajstić information content (AvgIpc) is 2.34. The molecule has 1 heterocycles. The van der Waals surface area contributed by atoms with Crippen LogP contribution < -0.4 is 10.5 Å².